The van der Waals surface area contributed by atoms with Crippen molar-refractivity contribution in [1.82, 2.24) is 10.7 Å². The van der Waals surface area contributed by atoms with Gasteiger partial charge in [0.25, 0.3) is 11.8 Å². The van der Waals surface area contributed by atoms with Crippen LogP contribution in [0.5, 0.6) is 0 Å². The van der Waals surface area contributed by atoms with Gasteiger partial charge < -0.3 is 14.6 Å². The number of carbonyl (C=O) groups excluding carboxylic acids is 2. The average molecular weight is 402 g/mol. The molecule has 7 heteroatoms. The molecule has 0 atom stereocenters. The fourth-order valence-electron chi connectivity index (χ4n) is 2.56. The molecule has 0 saturated carbocycles. The number of hydrazone groups is 1. The minimum Gasteiger partial charge on any atom is -0.463 e. The highest BCUT2D eigenvalue weighted by atomic mass is 16.3. The fourth-order valence-corrected chi connectivity index (χ4v) is 2.56. The largest absolute Gasteiger partial charge is 0.463 e. The van der Waals surface area contributed by atoms with E-state index in [1.807, 2.05) is 49.3 Å². The first-order valence-corrected chi connectivity index (χ1v) is 9.25. The average Bonchev–Trinajstić information content (AvgIpc) is 3.27. The second kappa shape index (κ2) is 9.88. The number of benzene rings is 2. The number of anilines is 1. The second-order valence-electron chi connectivity index (χ2n) is 6.58. The van der Waals surface area contributed by atoms with Gasteiger partial charge in [0.2, 0.25) is 0 Å². The van der Waals surface area contributed by atoms with Crippen molar-refractivity contribution in [2.45, 2.75) is 0 Å². The third kappa shape index (κ3) is 5.68. The normalized spacial score (nSPS) is 11.3. The molecule has 0 bridgehead atoms. The highest BCUT2D eigenvalue weighted by Crippen LogP contribution is 2.14. The minimum atomic E-state index is -0.557. The highest BCUT2D eigenvalue weighted by molar-refractivity contribution is 6.05. The molecule has 30 heavy (non-hydrogen) atoms. The lowest BCUT2D eigenvalue weighted by Crippen LogP contribution is -2.32. The predicted molar refractivity (Wildman–Crippen MR) is 117 cm³/mol. The van der Waals surface area contributed by atoms with Gasteiger partial charge in [-0.05, 0) is 48.0 Å². The van der Waals surface area contributed by atoms with E-state index in [2.05, 4.69) is 15.8 Å². The molecule has 0 radical (unpaired) electrons. The number of carbonyl (C=O) groups is 2. The Hall–Kier alpha value is -4.13. The molecule has 0 saturated heterocycles. The van der Waals surface area contributed by atoms with Gasteiger partial charge in [-0.1, -0.05) is 30.3 Å². The van der Waals surface area contributed by atoms with Gasteiger partial charge in [-0.3, -0.25) is 9.59 Å². The van der Waals surface area contributed by atoms with Crippen molar-refractivity contribution < 1.29 is 14.0 Å². The van der Waals surface area contributed by atoms with E-state index in [1.165, 1.54) is 12.5 Å². The molecule has 2 N–H and O–H groups in total. The molecular formula is C23H22N4O3. The van der Waals surface area contributed by atoms with E-state index in [4.69, 9.17) is 4.42 Å². The highest BCUT2D eigenvalue weighted by Gasteiger charge is 2.14. The third-order valence-corrected chi connectivity index (χ3v) is 4.15. The summed E-state index contributed by atoms with van der Waals surface area (Å²) in [5.74, 6) is -0.455. The molecule has 0 aliphatic rings. The SMILES string of the molecule is CN(C)c1ccc(/C=C(\NC(=O)c2ccccc2)C(=O)N/N=C\c2ccco2)cc1. The monoisotopic (exact) mass is 402 g/mol. The summed E-state index contributed by atoms with van der Waals surface area (Å²) < 4.78 is 5.14. The zero-order valence-corrected chi connectivity index (χ0v) is 16.7. The van der Waals surface area contributed by atoms with Crippen LogP contribution in [0.3, 0.4) is 0 Å². The van der Waals surface area contributed by atoms with Gasteiger partial charge in [0.05, 0.1) is 12.5 Å². The molecule has 2 aromatic carbocycles. The summed E-state index contributed by atoms with van der Waals surface area (Å²) in [4.78, 5) is 27.2. The van der Waals surface area contributed by atoms with Crippen molar-refractivity contribution in [2.24, 2.45) is 5.10 Å². The Kier molecular flexibility index (Phi) is 6.78. The summed E-state index contributed by atoms with van der Waals surface area (Å²) in [5.41, 5.74) is 4.70. The smallest absolute Gasteiger partial charge is 0.287 e. The quantitative estimate of drug-likeness (QED) is 0.361. The molecule has 0 unspecified atom stereocenters. The Balaban J connectivity index is 1.81. The Labute approximate surface area is 174 Å². The molecule has 3 rings (SSSR count). The number of hydrogen-bond acceptors (Lipinski definition) is 5. The fraction of sp³-hybridized carbons (Fsp3) is 0.0870. The number of furan rings is 1. The lowest BCUT2D eigenvalue weighted by Gasteiger charge is -2.12. The number of hydrogen-bond donors (Lipinski definition) is 2. The van der Waals surface area contributed by atoms with Crippen LogP contribution < -0.4 is 15.6 Å². The molecule has 7 nitrogen and oxygen atoms in total. The number of amides is 2. The van der Waals surface area contributed by atoms with Crippen LogP contribution in [0.25, 0.3) is 6.08 Å². The standard InChI is InChI=1S/C23H22N4O3/c1-27(2)19-12-10-17(11-13-19)15-21(25-22(28)18-7-4-3-5-8-18)23(29)26-24-16-20-9-6-14-30-20/h3-16H,1-2H3,(H,25,28)(H,26,29)/b21-15-,24-16-. The zero-order chi connectivity index (χ0) is 21.3. The van der Waals surface area contributed by atoms with Crippen molar-refractivity contribution in [1.29, 1.82) is 0 Å². The van der Waals surface area contributed by atoms with Gasteiger partial charge in [-0.15, -0.1) is 0 Å². The van der Waals surface area contributed by atoms with Crippen molar-refractivity contribution in [3.8, 4) is 0 Å². The first-order valence-electron chi connectivity index (χ1n) is 9.25. The number of nitrogens with one attached hydrogen (secondary N) is 2. The lowest BCUT2D eigenvalue weighted by molar-refractivity contribution is -0.117. The third-order valence-electron chi connectivity index (χ3n) is 4.15. The Morgan fingerprint density at radius 2 is 1.70 bits per heavy atom. The first kappa shape index (κ1) is 20.6. The Morgan fingerprint density at radius 3 is 2.33 bits per heavy atom. The van der Waals surface area contributed by atoms with E-state index >= 15 is 0 Å². The Bertz CT molecular complexity index is 1040. The van der Waals surface area contributed by atoms with Crippen LogP contribution in [0.1, 0.15) is 21.7 Å². The minimum absolute atomic E-state index is 0.0676. The van der Waals surface area contributed by atoms with Crippen molar-refractivity contribution >= 4 is 29.8 Å². The zero-order valence-electron chi connectivity index (χ0n) is 16.7. The molecular weight excluding hydrogens is 380 g/mol. The molecule has 0 fully saturated rings. The molecule has 0 aliphatic carbocycles. The van der Waals surface area contributed by atoms with Crippen LogP contribution in [0.4, 0.5) is 5.69 Å². The molecule has 3 aromatic rings. The summed E-state index contributed by atoms with van der Waals surface area (Å²) >= 11 is 0. The van der Waals surface area contributed by atoms with Crippen LogP contribution >= 0.6 is 0 Å². The molecule has 1 aromatic heterocycles. The predicted octanol–water partition coefficient (Wildman–Crippen LogP) is 3.27. The van der Waals surface area contributed by atoms with Gasteiger partial charge in [0.1, 0.15) is 11.5 Å². The Morgan fingerprint density at radius 1 is 0.967 bits per heavy atom. The second-order valence-corrected chi connectivity index (χ2v) is 6.58. The van der Waals surface area contributed by atoms with Crippen molar-refractivity contribution in [3.63, 3.8) is 0 Å². The molecule has 0 aliphatic heterocycles. The van der Waals surface area contributed by atoms with Gasteiger partial charge >= 0.3 is 0 Å². The van der Waals surface area contributed by atoms with Gasteiger partial charge in [-0.2, -0.15) is 5.10 Å². The van der Waals surface area contributed by atoms with Crippen LogP contribution in [-0.4, -0.2) is 32.1 Å². The molecule has 2 amide bonds. The maximum atomic E-state index is 12.7. The maximum absolute atomic E-state index is 12.7. The molecule has 1 heterocycles. The van der Waals surface area contributed by atoms with Crippen LogP contribution in [0, 0.1) is 0 Å². The van der Waals surface area contributed by atoms with E-state index in [0.717, 1.165) is 11.3 Å². The van der Waals surface area contributed by atoms with Crippen LogP contribution in [-0.2, 0) is 4.79 Å². The first-order chi connectivity index (χ1) is 14.5. The topological polar surface area (TPSA) is 86.9 Å². The summed E-state index contributed by atoms with van der Waals surface area (Å²) in [6.45, 7) is 0. The van der Waals surface area contributed by atoms with Gasteiger partial charge in [-0.25, -0.2) is 5.43 Å². The van der Waals surface area contributed by atoms with E-state index in [0.29, 0.717) is 11.3 Å². The van der Waals surface area contributed by atoms with Crippen LogP contribution in [0.2, 0.25) is 0 Å². The summed E-state index contributed by atoms with van der Waals surface area (Å²) in [7, 11) is 3.89. The van der Waals surface area contributed by atoms with Gasteiger partial charge in [0, 0.05) is 25.3 Å². The van der Waals surface area contributed by atoms with Crippen LogP contribution in [0.15, 0.2) is 88.2 Å². The summed E-state index contributed by atoms with van der Waals surface area (Å²) in [6.07, 6.45) is 4.48. The summed E-state index contributed by atoms with van der Waals surface area (Å²) in [6, 6.07) is 19.7. The van der Waals surface area contributed by atoms with Gasteiger partial charge in [0.15, 0.2) is 0 Å². The lowest BCUT2D eigenvalue weighted by atomic mass is 10.1. The number of rotatable bonds is 7. The van der Waals surface area contributed by atoms with Crippen molar-refractivity contribution in [3.05, 3.63) is 95.6 Å². The molecule has 0 spiro atoms. The van der Waals surface area contributed by atoms with Crippen molar-refractivity contribution in [2.75, 3.05) is 19.0 Å². The molecule has 152 valence electrons. The van der Waals surface area contributed by atoms with E-state index < -0.39 is 11.8 Å². The van der Waals surface area contributed by atoms with E-state index in [-0.39, 0.29) is 5.70 Å². The van der Waals surface area contributed by atoms with E-state index in [9.17, 15) is 9.59 Å². The summed E-state index contributed by atoms with van der Waals surface area (Å²) in [5, 5.41) is 6.54. The maximum Gasteiger partial charge on any atom is 0.287 e. The van der Waals surface area contributed by atoms with E-state index in [1.54, 1.807) is 42.5 Å². The number of nitrogens with zero attached hydrogens (tertiary/aromatic N) is 2.